The van der Waals surface area contributed by atoms with Crippen molar-refractivity contribution in [2.75, 3.05) is 6.61 Å². The van der Waals surface area contributed by atoms with Crippen LogP contribution in [0.15, 0.2) is 43.0 Å². The molecule has 0 fully saturated rings. The fourth-order valence-electron chi connectivity index (χ4n) is 1.21. The molecule has 0 saturated heterocycles. The molecule has 0 aliphatic rings. The molecule has 0 amide bonds. The standard InChI is InChI=1S/C11H11N3O/c1-2-4-10(5-3-1)6-7-15-11-13-8-12-9-14-11/h1-5,8-9H,6-7H2. The summed E-state index contributed by atoms with van der Waals surface area (Å²) in [5, 5.41) is 0. The summed E-state index contributed by atoms with van der Waals surface area (Å²) in [6.45, 7) is 0.577. The summed E-state index contributed by atoms with van der Waals surface area (Å²) in [6, 6.07) is 10.5. The number of ether oxygens (including phenoxy) is 1. The van der Waals surface area contributed by atoms with E-state index in [1.165, 1.54) is 18.2 Å². The number of hydrogen-bond acceptors (Lipinski definition) is 4. The average Bonchev–Trinajstić information content (AvgIpc) is 2.32. The molecule has 0 bridgehead atoms. The maximum Gasteiger partial charge on any atom is 0.319 e. The van der Waals surface area contributed by atoms with Gasteiger partial charge in [-0.05, 0) is 5.56 Å². The number of rotatable bonds is 4. The van der Waals surface area contributed by atoms with Gasteiger partial charge in [0, 0.05) is 6.42 Å². The second-order valence-electron chi connectivity index (χ2n) is 3.00. The summed E-state index contributed by atoms with van der Waals surface area (Å²) < 4.78 is 5.35. The van der Waals surface area contributed by atoms with Crippen LogP contribution in [0.3, 0.4) is 0 Å². The minimum Gasteiger partial charge on any atom is -0.463 e. The Kier molecular flexibility index (Phi) is 3.22. The first-order valence-corrected chi connectivity index (χ1v) is 4.74. The Labute approximate surface area is 88.0 Å². The van der Waals surface area contributed by atoms with E-state index in [2.05, 4.69) is 27.1 Å². The molecule has 2 rings (SSSR count). The third-order valence-corrected chi connectivity index (χ3v) is 1.93. The highest BCUT2D eigenvalue weighted by Crippen LogP contribution is 2.01. The molecule has 0 aliphatic carbocycles. The Morgan fingerprint density at radius 2 is 1.73 bits per heavy atom. The van der Waals surface area contributed by atoms with Crippen LogP contribution in [-0.2, 0) is 6.42 Å². The van der Waals surface area contributed by atoms with E-state index >= 15 is 0 Å². The van der Waals surface area contributed by atoms with Crippen molar-refractivity contribution < 1.29 is 4.74 Å². The molecular weight excluding hydrogens is 190 g/mol. The highest BCUT2D eigenvalue weighted by Gasteiger charge is 1.95. The molecular formula is C11H11N3O. The van der Waals surface area contributed by atoms with Crippen LogP contribution in [0.2, 0.25) is 0 Å². The summed E-state index contributed by atoms with van der Waals surface area (Å²) in [5.74, 6) is 0. The van der Waals surface area contributed by atoms with E-state index in [1.54, 1.807) is 0 Å². The van der Waals surface area contributed by atoms with Crippen molar-refractivity contribution in [1.82, 2.24) is 15.0 Å². The molecule has 1 aromatic heterocycles. The second-order valence-corrected chi connectivity index (χ2v) is 3.00. The molecule has 2 aromatic rings. The third kappa shape index (κ3) is 3.02. The van der Waals surface area contributed by atoms with Crippen LogP contribution in [0.25, 0.3) is 0 Å². The summed E-state index contributed by atoms with van der Waals surface area (Å²) >= 11 is 0. The molecule has 15 heavy (non-hydrogen) atoms. The van der Waals surface area contributed by atoms with Crippen LogP contribution in [0.5, 0.6) is 6.01 Å². The van der Waals surface area contributed by atoms with Gasteiger partial charge in [-0.3, -0.25) is 0 Å². The SMILES string of the molecule is c1ccc(CCOc2ncncn2)cc1. The maximum absolute atomic E-state index is 5.35. The van der Waals surface area contributed by atoms with Gasteiger partial charge < -0.3 is 4.74 Å². The highest BCUT2D eigenvalue weighted by molar-refractivity contribution is 5.14. The minimum absolute atomic E-state index is 0.376. The van der Waals surface area contributed by atoms with Crippen LogP contribution in [0, 0.1) is 0 Å². The molecule has 4 heteroatoms. The summed E-state index contributed by atoms with van der Waals surface area (Å²) in [4.78, 5) is 11.4. The molecule has 1 aromatic carbocycles. The molecule has 0 N–H and O–H groups in total. The molecule has 0 radical (unpaired) electrons. The van der Waals surface area contributed by atoms with Crippen LogP contribution in [-0.4, -0.2) is 21.6 Å². The lowest BCUT2D eigenvalue weighted by Gasteiger charge is -2.02. The van der Waals surface area contributed by atoms with Crippen molar-refractivity contribution in [3.8, 4) is 6.01 Å². The number of nitrogens with zero attached hydrogens (tertiary/aromatic N) is 3. The molecule has 0 atom stereocenters. The predicted octanol–water partition coefficient (Wildman–Crippen LogP) is 1.49. The lowest BCUT2D eigenvalue weighted by atomic mass is 10.2. The highest BCUT2D eigenvalue weighted by atomic mass is 16.5. The zero-order chi connectivity index (χ0) is 10.3. The zero-order valence-corrected chi connectivity index (χ0v) is 8.21. The Hall–Kier alpha value is -1.97. The van der Waals surface area contributed by atoms with E-state index in [0.29, 0.717) is 12.6 Å². The molecule has 4 nitrogen and oxygen atoms in total. The third-order valence-electron chi connectivity index (χ3n) is 1.93. The molecule has 1 heterocycles. The van der Waals surface area contributed by atoms with Crippen molar-refractivity contribution in [3.63, 3.8) is 0 Å². The summed E-state index contributed by atoms with van der Waals surface area (Å²) in [6.07, 6.45) is 3.70. The number of aromatic nitrogens is 3. The maximum atomic E-state index is 5.35. The van der Waals surface area contributed by atoms with E-state index in [9.17, 15) is 0 Å². The van der Waals surface area contributed by atoms with Gasteiger partial charge in [0.2, 0.25) is 0 Å². The van der Waals surface area contributed by atoms with Gasteiger partial charge in [-0.2, -0.15) is 9.97 Å². The van der Waals surface area contributed by atoms with E-state index in [-0.39, 0.29) is 0 Å². The van der Waals surface area contributed by atoms with Crippen molar-refractivity contribution >= 4 is 0 Å². The predicted molar refractivity (Wildman–Crippen MR) is 55.5 cm³/mol. The minimum atomic E-state index is 0.376. The van der Waals surface area contributed by atoms with Crippen LogP contribution >= 0.6 is 0 Å². The first-order chi connectivity index (χ1) is 7.45. The van der Waals surface area contributed by atoms with Crippen molar-refractivity contribution in [2.45, 2.75) is 6.42 Å². The quantitative estimate of drug-likeness (QED) is 0.752. The smallest absolute Gasteiger partial charge is 0.319 e. The fourth-order valence-corrected chi connectivity index (χ4v) is 1.21. The normalized spacial score (nSPS) is 9.87. The molecule has 0 aliphatic heterocycles. The molecule has 0 spiro atoms. The van der Waals surface area contributed by atoms with Crippen molar-refractivity contribution in [1.29, 1.82) is 0 Å². The number of benzene rings is 1. The van der Waals surface area contributed by atoms with E-state index in [4.69, 9.17) is 4.74 Å². The fraction of sp³-hybridized carbons (Fsp3) is 0.182. The van der Waals surface area contributed by atoms with Crippen LogP contribution in [0.1, 0.15) is 5.56 Å². The number of hydrogen-bond donors (Lipinski definition) is 0. The van der Waals surface area contributed by atoms with Gasteiger partial charge in [0.05, 0.1) is 6.61 Å². The van der Waals surface area contributed by atoms with E-state index in [0.717, 1.165) is 6.42 Å². The van der Waals surface area contributed by atoms with E-state index < -0.39 is 0 Å². The molecule has 0 unspecified atom stereocenters. The monoisotopic (exact) mass is 201 g/mol. The van der Waals surface area contributed by atoms with Crippen molar-refractivity contribution in [2.24, 2.45) is 0 Å². The lowest BCUT2D eigenvalue weighted by molar-refractivity contribution is 0.295. The Morgan fingerprint density at radius 1 is 1.00 bits per heavy atom. The topological polar surface area (TPSA) is 47.9 Å². The van der Waals surface area contributed by atoms with Gasteiger partial charge in [0.15, 0.2) is 0 Å². The van der Waals surface area contributed by atoms with Gasteiger partial charge in [0.1, 0.15) is 12.7 Å². The van der Waals surface area contributed by atoms with Gasteiger partial charge in [0.25, 0.3) is 0 Å². The van der Waals surface area contributed by atoms with Crippen LogP contribution < -0.4 is 4.74 Å². The summed E-state index contributed by atoms with van der Waals surface area (Å²) in [7, 11) is 0. The van der Waals surface area contributed by atoms with Gasteiger partial charge >= 0.3 is 6.01 Å². The molecule has 76 valence electrons. The Bertz CT molecular complexity index is 352. The van der Waals surface area contributed by atoms with E-state index in [1.807, 2.05) is 18.2 Å². The second kappa shape index (κ2) is 5.05. The largest absolute Gasteiger partial charge is 0.463 e. The first-order valence-electron chi connectivity index (χ1n) is 4.74. The average molecular weight is 201 g/mol. The van der Waals surface area contributed by atoms with Gasteiger partial charge in [-0.1, -0.05) is 30.3 Å². The zero-order valence-electron chi connectivity index (χ0n) is 8.21. The lowest BCUT2D eigenvalue weighted by Crippen LogP contribution is -2.03. The van der Waals surface area contributed by atoms with Crippen molar-refractivity contribution in [3.05, 3.63) is 48.5 Å². The Balaban J connectivity index is 1.81. The molecule has 0 saturated carbocycles. The first kappa shape index (κ1) is 9.58. The van der Waals surface area contributed by atoms with Gasteiger partial charge in [-0.25, -0.2) is 4.98 Å². The van der Waals surface area contributed by atoms with Gasteiger partial charge in [-0.15, -0.1) is 0 Å². The Morgan fingerprint density at radius 3 is 2.47 bits per heavy atom. The summed E-state index contributed by atoms with van der Waals surface area (Å²) in [5.41, 5.74) is 1.24. The van der Waals surface area contributed by atoms with Crippen LogP contribution in [0.4, 0.5) is 0 Å².